The lowest BCUT2D eigenvalue weighted by molar-refractivity contribution is -0.138. The van der Waals surface area contributed by atoms with Crippen LogP contribution in [0.3, 0.4) is 0 Å². The van der Waals surface area contributed by atoms with Gasteiger partial charge in [0, 0.05) is 18.3 Å². The zero-order valence-electron chi connectivity index (χ0n) is 13.4. The summed E-state index contributed by atoms with van der Waals surface area (Å²) in [6.07, 6.45) is 1.44. The fraction of sp³-hybridized carbons (Fsp3) is 0.353. The zero-order valence-corrected chi connectivity index (χ0v) is 13.4. The highest BCUT2D eigenvalue weighted by Gasteiger charge is 2.34. The Kier molecular flexibility index (Phi) is 4.79. The van der Waals surface area contributed by atoms with Crippen LogP contribution in [0.15, 0.2) is 40.9 Å². The van der Waals surface area contributed by atoms with Gasteiger partial charge in [-0.1, -0.05) is 18.2 Å². The number of nitrogens with zero attached hydrogens (tertiary/aromatic N) is 2. The number of aryl methyl sites for hydroxylation is 1. The van der Waals surface area contributed by atoms with E-state index in [0.717, 1.165) is 12.1 Å². The number of hydrogen-bond donors (Lipinski definition) is 1. The number of likely N-dealkylation sites (tertiary alicyclic amines) is 1. The van der Waals surface area contributed by atoms with E-state index in [9.17, 15) is 9.59 Å². The van der Waals surface area contributed by atoms with Gasteiger partial charge in [-0.25, -0.2) is 0 Å². The highest BCUT2D eigenvalue weighted by Crippen LogP contribution is 2.20. The maximum Gasteiger partial charge on any atom is 0.261 e. The van der Waals surface area contributed by atoms with Gasteiger partial charge in [-0.15, -0.1) is 0 Å². The minimum Gasteiger partial charge on any atom is -0.465 e. The predicted molar refractivity (Wildman–Crippen MR) is 86.5 cm³/mol. The van der Waals surface area contributed by atoms with Crippen molar-refractivity contribution in [3.63, 3.8) is 0 Å². The minimum atomic E-state index is -0.472. The van der Waals surface area contributed by atoms with Crippen molar-refractivity contribution in [3.8, 4) is 5.88 Å². The number of para-hydroxylation sites is 1. The normalized spacial score (nSPS) is 16.9. The number of hydrogen-bond acceptors (Lipinski definition) is 5. The Balaban J connectivity index is 1.57. The molecule has 1 saturated heterocycles. The van der Waals surface area contributed by atoms with E-state index >= 15 is 0 Å². The summed E-state index contributed by atoms with van der Waals surface area (Å²) in [6, 6.07) is 10.3. The summed E-state index contributed by atoms with van der Waals surface area (Å²) in [4.78, 5) is 26.4. The Hall–Kier alpha value is -2.83. The second kappa shape index (κ2) is 7.16. The molecule has 1 aromatic carbocycles. The molecule has 1 atom stereocenters. The highest BCUT2D eigenvalue weighted by molar-refractivity contribution is 5.97. The van der Waals surface area contributed by atoms with E-state index < -0.39 is 6.04 Å². The van der Waals surface area contributed by atoms with E-state index in [1.54, 1.807) is 17.9 Å². The third-order valence-electron chi connectivity index (χ3n) is 3.87. The van der Waals surface area contributed by atoms with Crippen molar-refractivity contribution in [2.45, 2.75) is 25.8 Å². The lowest BCUT2D eigenvalue weighted by Crippen LogP contribution is -2.45. The molecule has 2 amide bonds. The second-order valence-electron chi connectivity index (χ2n) is 5.66. The molecule has 1 aromatic heterocycles. The standard InChI is InChI=1S/C17H19N3O4/c1-12-10-15(19-24-12)23-11-16(21)20-9-5-8-14(20)17(22)18-13-6-3-2-4-7-13/h2-4,6-7,10,14H,5,8-9,11H2,1H3,(H,18,22)/t14-/m0/s1. The quantitative estimate of drug-likeness (QED) is 0.907. The van der Waals surface area contributed by atoms with Gasteiger partial charge in [0.25, 0.3) is 11.8 Å². The number of benzene rings is 1. The number of anilines is 1. The van der Waals surface area contributed by atoms with Crippen molar-refractivity contribution in [1.29, 1.82) is 0 Å². The monoisotopic (exact) mass is 329 g/mol. The lowest BCUT2D eigenvalue weighted by atomic mass is 10.2. The molecule has 0 saturated carbocycles. The van der Waals surface area contributed by atoms with Gasteiger partial charge in [0.15, 0.2) is 6.61 Å². The molecule has 24 heavy (non-hydrogen) atoms. The lowest BCUT2D eigenvalue weighted by Gasteiger charge is -2.23. The molecule has 2 heterocycles. The molecule has 0 radical (unpaired) electrons. The van der Waals surface area contributed by atoms with E-state index in [1.807, 2.05) is 30.3 Å². The third-order valence-corrected chi connectivity index (χ3v) is 3.87. The van der Waals surface area contributed by atoms with Crippen LogP contribution in [0, 0.1) is 6.92 Å². The van der Waals surface area contributed by atoms with Crippen molar-refractivity contribution < 1.29 is 18.8 Å². The van der Waals surface area contributed by atoms with Crippen LogP contribution in [0.4, 0.5) is 5.69 Å². The van der Waals surface area contributed by atoms with Gasteiger partial charge in [-0.05, 0) is 37.1 Å². The summed E-state index contributed by atoms with van der Waals surface area (Å²) in [5.74, 6) is 0.467. The van der Waals surface area contributed by atoms with Gasteiger partial charge in [-0.3, -0.25) is 9.59 Å². The van der Waals surface area contributed by atoms with Gasteiger partial charge in [0.1, 0.15) is 11.8 Å². The van der Waals surface area contributed by atoms with E-state index in [1.165, 1.54) is 0 Å². The Morgan fingerprint density at radius 3 is 2.88 bits per heavy atom. The van der Waals surface area contributed by atoms with Gasteiger partial charge in [-0.2, -0.15) is 0 Å². The fourth-order valence-electron chi connectivity index (χ4n) is 2.72. The highest BCUT2D eigenvalue weighted by atomic mass is 16.5. The number of ether oxygens (including phenoxy) is 1. The average Bonchev–Trinajstić information content (AvgIpc) is 3.22. The third kappa shape index (κ3) is 3.73. The summed E-state index contributed by atoms with van der Waals surface area (Å²) >= 11 is 0. The summed E-state index contributed by atoms with van der Waals surface area (Å²) in [5, 5.41) is 6.52. The van der Waals surface area contributed by atoms with Crippen molar-refractivity contribution in [3.05, 3.63) is 42.2 Å². The number of carbonyl (C=O) groups excluding carboxylic acids is 2. The summed E-state index contributed by atoms with van der Waals surface area (Å²) in [6.45, 7) is 2.13. The Morgan fingerprint density at radius 1 is 1.38 bits per heavy atom. The van der Waals surface area contributed by atoms with Gasteiger partial charge >= 0.3 is 0 Å². The van der Waals surface area contributed by atoms with E-state index in [2.05, 4.69) is 10.5 Å². The first-order valence-electron chi connectivity index (χ1n) is 7.85. The first-order chi connectivity index (χ1) is 11.6. The smallest absolute Gasteiger partial charge is 0.261 e. The van der Waals surface area contributed by atoms with Crippen LogP contribution >= 0.6 is 0 Å². The first-order valence-corrected chi connectivity index (χ1v) is 7.85. The minimum absolute atomic E-state index is 0.166. The van der Waals surface area contributed by atoms with Gasteiger partial charge < -0.3 is 19.5 Å². The molecule has 1 aliphatic heterocycles. The molecule has 2 aromatic rings. The maximum absolute atomic E-state index is 12.4. The number of carbonyl (C=O) groups is 2. The van der Waals surface area contributed by atoms with E-state index in [4.69, 9.17) is 9.26 Å². The number of nitrogens with one attached hydrogen (secondary N) is 1. The van der Waals surface area contributed by atoms with Gasteiger partial charge in [0.05, 0.1) is 0 Å². The molecule has 1 aliphatic rings. The second-order valence-corrected chi connectivity index (χ2v) is 5.66. The van der Waals surface area contributed by atoms with Crippen LogP contribution in [0.2, 0.25) is 0 Å². The molecule has 0 spiro atoms. The molecular formula is C17H19N3O4. The first kappa shape index (κ1) is 16.0. The summed E-state index contributed by atoms with van der Waals surface area (Å²) in [5.41, 5.74) is 0.719. The maximum atomic E-state index is 12.4. The molecule has 7 nitrogen and oxygen atoms in total. The largest absolute Gasteiger partial charge is 0.465 e. The zero-order chi connectivity index (χ0) is 16.9. The molecule has 1 N–H and O–H groups in total. The van der Waals surface area contributed by atoms with Crippen LogP contribution in [-0.4, -0.2) is 41.1 Å². The summed E-state index contributed by atoms with van der Waals surface area (Å²) in [7, 11) is 0. The van der Waals surface area contributed by atoms with Crippen LogP contribution < -0.4 is 10.1 Å². The Labute approximate surface area is 139 Å². The Bertz CT molecular complexity index is 714. The van der Waals surface area contributed by atoms with Crippen LogP contribution in [0.25, 0.3) is 0 Å². The number of aromatic nitrogens is 1. The molecule has 0 bridgehead atoms. The summed E-state index contributed by atoms with van der Waals surface area (Å²) < 4.78 is 10.2. The number of rotatable bonds is 5. The topological polar surface area (TPSA) is 84.7 Å². The Morgan fingerprint density at radius 2 is 2.17 bits per heavy atom. The molecule has 0 unspecified atom stereocenters. The number of amides is 2. The molecule has 0 aliphatic carbocycles. The van der Waals surface area contributed by atoms with Crippen LogP contribution in [0.1, 0.15) is 18.6 Å². The molecule has 3 rings (SSSR count). The van der Waals surface area contributed by atoms with E-state index in [0.29, 0.717) is 18.7 Å². The van der Waals surface area contributed by atoms with Crippen molar-refractivity contribution in [2.75, 3.05) is 18.5 Å². The average molecular weight is 329 g/mol. The van der Waals surface area contributed by atoms with Crippen molar-refractivity contribution >= 4 is 17.5 Å². The van der Waals surface area contributed by atoms with E-state index in [-0.39, 0.29) is 24.3 Å². The fourth-order valence-corrected chi connectivity index (χ4v) is 2.72. The predicted octanol–water partition coefficient (Wildman–Crippen LogP) is 1.99. The van der Waals surface area contributed by atoms with Crippen LogP contribution in [-0.2, 0) is 9.59 Å². The van der Waals surface area contributed by atoms with Crippen LogP contribution in [0.5, 0.6) is 5.88 Å². The SMILES string of the molecule is Cc1cc(OCC(=O)N2CCC[C@H]2C(=O)Nc2ccccc2)no1. The molecular weight excluding hydrogens is 310 g/mol. The van der Waals surface area contributed by atoms with Crippen molar-refractivity contribution in [2.24, 2.45) is 0 Å². The molecule has 1 fully saturated rings. The molecule has 7 heteroatoms. The van der Waals surface area contributed by atoms with Gasteiger partial charge in [0.2, 0.25) is 5.91 Å². The molecule has 126 valence electrons. The van der Waals surface area contributed by atoms with Crippen molar-refractivity contribution in [1.82, 2.24) is 10.1 Å².